The van der Waals surface area contributed by atoms with E-state index < -0.39 is 32.2 Å². The molecule has 0 aromatic carbocycles. The van der Waals surface area contributed by atoms with E-state index in [1.165, 1.54) is 6.92 Å². The summed E-state index contributed by atoms with van der Waals surface area (Å²) >= 11 is 0. The van der Waals surface area contributed by atoms with Crippen LogP contribution in [0.2, 0.25) is 0 Å². The van der Waals surface area contributed by atoms with Crippen LogP contribution in [0.3, 0.4) is 0 Å². The molecule has 11 nitrogen and oxygen atoms in total. The highest BCUT2D eigenvalue weighted by Crippen LogP contribution is 2.45. The molecule has 1 atom stereocenters. The standard InChI is InChI=1S/C33H38N6O5S/c1-22(45(42,43)44)13-15-39-21-24(19-35)17-26-31(39)37-28(33(26,4)5)11-9-10-27-32(2,3)25-16-23(18-34)20-38(30(25)36-27)14-8-6-7-12-29(40)41/h9-11,16-17,20-22H,6-8,12-15H2,1-5H3,(H-,40,41,42,43,44). The molecular weight excluding hydrogens is 592 g/mol. The van der Waals surface area contributed by atoms with Crippen LogP contribution in [0.1, 0.15) is 77.8 Å². The van der Waals surface area contributed by atoms with E-state index in [4.69, 9.17) is 15.1 Å². The van der Waals surface area contributed by atoms with Crippen LogP contribution in [-0.2, 0) is 26.9 Å². The quantitative estimate of drug-likeness (QED) is 0.196. The van der Waals surface area contributed by atoms with Gasteiger partial charge in [0.1, 0.15) is 24.2 Å². The molecule has 4 heterocycles. The number of fused-ring (bicyclic) bond motifs is 2. The second-order valence-electron chi connectivity index (χ2n) is 12.6. The van der Waals surface area contributed by atoms with Crippen molar-refractivity contribution < 1.29 is 27.4 Å². The molecule has 3 aliphatic heterocycles. The highest BCUT2D eigenvalue weighted by Gasteiger charge is 2.43. The maximum Gasteiger partial charge on any atom is 0.327 e. The summed E-state index contributed by atoms with van der Waals surface area (Å²) in [5, 5.41) is 27.2. The number of aryl methyl sites for hydroxylation is 1. The minimum absolute atomic E-state index is 0.0953. The fraction of sp³-hybridized carbons (Fsp3) is 0.455. The Hall–Kier alpha value is -4.39. The number of hydrogen-bond donors (Lipinski definition) is 1. The molecule has 45 heavy (non-hydrogen) atoms. The molecule has 236 valence electrons. The molecule has 0 saturated heterocycles. The van der Waals surface area contributed by atoms with Crippen LogP contribution in [-0.4, -0.2) is 52.3 Å². The van der Waals surface area contributed by atoms with Gasteiger partial charge in [0, 0.05) is 35.4 Å². The van der Waals surface area contributed by atoms with E-state index in [1.54, 1.807) is 23.4 Å². The minimum Gasteiger partial charge on any atom is -0.748 e. The number of carboxylic acid groups (broad SMARTS) is 1. The van der Waals surface area contributed by atoms with Crippen molar-refractivity contribution in [1.82, 2.24) is 4.90 Å². The van der Waals surface area contributed by atoms with Crippen molar-refractivity contribution in [2.75, 3.05) is 6.54 Å². The average molecular weight is 631 g/mol. The van der Waals surface area contributed by atoms with Crippen LogP contribution in [0.15, 0.2) is 69.6 Å². The number of aliphatic imine (C=N–C) groups is 2. The van der Waals surface area contributed by atoms with Crippen LogP contribution in [0.4, 0.5) is 5.82 Å². The third-order valence-electron chi connectivity index (χ3n) is 8.62. The Bertz CT molecular complexity index is 1780. The predicted molar refractivity (Wildman–Crippen MR) is 168 cm³/mol. The van der Waals surface area contributed by atoms with Gasteiger partial charge in [0.2, 0.25) is 0 Å². The van der Waals surface area contributed by atoms with E-state index in [0.717, 1.165) is 41.2 Å². The van der Waals surface area contributed by atoms with Crippen molar-refractivity contribution in [2.24, 2.45) is 15.4 Å². The lowest BCUT2D eigenvalue weighted by atomic mass is 9.80. The Morgan fingerprint density at radius 2 is 1.89 bits per heavy atom. The number of allylic oxidation sites excluding steroid dienone is 6. The molecule has 1 aromatic heterocycles. The van der Waals surface area contributed by atoms with Gasteiger partial charge in [-0.1, -0.05) is 19.9 Å². The van der Waals surface area contributed by atoms with E-state index in [2.05, 4.69) is 26.0 Å². The monoisotopic (exact) mass is 630 g/mol. The molecule has 1 aromatic rings. The molecule has 0 amide bonds. The van der Waals surface area contributed by atoms with Gasteiger partial charge in [-0.3, -0.25) is 4.79 Å². The van der Waals surface area contributed by atoms with E-state index >= 15 is 0 Å². The van der Waals surface area contributed by atoms with Gasteiger partial charge in [-0.05, 0) is 75.7 Å². The lowest BCUT2D eigenvalue weighted by Gasteiger charge is -2.30. The summed E-state index contributed by atoms with van der Waals surface area (Å²) in [5.74, 6) is 0.593. The van der Waals surface area contributed by atoms with Crippen molar-refractivity contribution in [3.8, 4) is 12.1 Å². The van der Waals surface area contributed by atoms with Gasteiger partial charge in [-0.2, -0.15) is 10.5 Å². The lowest BCUT2D eigenvalue weighted by molar-refractivity contribution is -0.685. The number of carbonyl (C=O) groups is 1. The summed E-state index contributed by atoms with van der Waals surface area (Å²) < 4.78 is 36.3. The number of carboxylic acids is 1. The first kappa shape index (κ1) is 33.5. The Kier molecular flexibility index (Phi) is 9.62. The number of amidine groups is 1. The Morgan fingerprint density at radius 1 is 1.16 bits per heavy atom. The molecule has 0 radical (unpaired) electrons. The fourth-order valence-corrected chi connectivity index (χ4v) is 6.01. The Labute approximate surface area is 264 Å². The first-order valence-corrected chi connectivity index (χ1v) is 16.4. The summed E-state index contributed by atoms with van der Waals surface area (Å²) in [6.45, 7) is 10.3. The van der Waals surface area contributed by atoms with E-state index in [9.17, 15) is 28.3 Å². The number of unbranched alkanes of at least 4 members (excludes halogenated alkanes) is 2. The molecule has 0 fully saturated rings. The molecule has 1 N–H and O–H groups in total. The maximum absolute atomic E-state index is 11.5. The Morgan fingerprint density at radius 3 is 2.53 bits per heavy atom. The summed E-state index contributed by atoms with van der Waals surface area (Å²) in [7, 11) is -4.43. The number of hydrogen-bond acceptors (Lipinski definition) is 9. The molecular formula is C33H38N6O5S. The summed E-state index contributed by atoms with van der Waals surface area (Å²) in [5.41, 5.74) is 3.26. The molecule has 4 rings (SSSR count). The highest BCUT2D eigenvalue weighted by molar-refractivity contribution is 7.86. The first-order valence-electron chi connectivity index (χ1n) is 14.9. The van der Waals surface area contributed by atoms with Crippen molar-refractivity contribution in [2.45, 2.75) is 83.9 Å². The van der Waals surface area contributed by atoms with Crippen LogP contribution in [0.25, 0.3) is 0 Å². The molecule has 0 bridgehead atoms. The number of rotatable bonds is 12. The van der Waals surface area contributed by atoms with Crippen molar-refractivity contribution in [1.29, 1.82) is 10.5 Å². The van der Waals surface area contributed by atoms with Crippen molar-refractivity contribution >= 4 is 33.5 Å². The van der Waals surface area contributed by atoms with Crippen molar-refractivity contribution in [3.63, 3.8) is 0 Å². The van der Waals surface area contributed by atoms with Crippen LogP contribution < -0.4 is 4.57 Å². The number of aromatic nitrogens is 1. The second-order valence-corrected chi connectivity index (χ2v) is 14.4. The van der Waals surface area contributed by atoms with E-state index in [-0.39, 0.29) is 19.4 Å². The van der Waals surface area contributed by atoms with Crippen LogP contribution in [0, 0.1) is 28.1 Å². The average Bonchev–Trinajstić information content (AvgIpc) is 3.38. The van der Waals surface area contributed by atoms with Gasteiger partial charge in [0.15, 0.2) is 5.71 Å². The van der Waals surface area contributed by atoms with Gasteiger partial charge in [-0.25, -0.2) is 18.0 Å². The molecule has 0 spiro atoms. The second kappa shape index (κ2) is 12.9. The number of nitriles is 2. The number of aliphatic carboxylic acids is 1. The third-order valence-corrected chi connectivity index (χ3v) is 9.84. The summed E-state index contributed by atoms with van der Waals surface area (Å²) in [6, 6.07) is 6.28. The molecule has 0 aliphatic carbocycles. The number of nitrogens with zero attached hydrogens (tertiary/aromatic N) is 6. The predicted octanol–water partition coefficient (Wildman–Crippen LogP) is 4.71. The fourth-order valence-electron chi connectivity index (χ4n) is 5.62. The molecule has 12 heteroatoms. The normalized spacial score (nSPS) is 19.6. The van der Waals surface area contributed by atoms with Gasteiger partial charge in [0.05, 0.1) is 44.5 Å². The summed E-state index contributed by atoms with van der Waals surface area (Å²) in [6.07, 6.45) is 13.3. The topological polar surface area (TPSA) is 174 Å². The third kappa shape index (κ3) is 7.14. The maximum atomic E-state index is 11.5. The van der Waals surface area contributed by atoms with Gasteiger partial charge in [-0.15, -0.1) is 0 Å². The SMILES string of the molecule is CC(CCN1C=C(C#N)C=C2C1=N/C(=C\C=C\C1=Nc3c(cc(C#N)c[n+]3CCCCCC(=O)O)C1(C)C)C2(C)C)S(=O)(=O)[O-]. The van der Waals surface area contributed by atoms with E-state index in [1.807, 2.05) is 42.7 Å². The minimum atomic E-state index is -4.43. The first-order chi connectivity index (χ1) is 21.1. The van der Waals surface area contributed by atoms with Crippen molar-refractivity contribution in [3.05, 3.63) is 70.7 Å². The van der Waals surface area contributed by atoms with Crippen LogP contribution in [0.5, 0.6) is 0 Å². The largest absolute Gasteiger partial charge is 0.748 e. The Balaban J connectivity index is 1.60. The zero-order chi connectivity index (χ0) is 33.2. The van der Waals surface area contributed by atoms with Gasteiger partial charge >= 0.3 is 11.8 Å². The zero-order valence-corrected chi connectivity index (χ0v) is 27.1. The highest BCUT2D eigenvalue weighted by atomic mass is 32.2. The zero-order valence-electron chi connectivity index (χ0n) is 26.2. The van der Waals surface area contributed by atoms with Gasteiger partial charge < -0.3 is 14.6 Å². The van der Waals surface area contributed by atoms with Crippen LogP contribution >= 0.6 is 0 Å². The number of pyridine rings is 1. The van der Waals surface area contributed by atoms with E-state index in [0.29, 0.717) is 29.9 Å². The molecule has 1 unspecified atom stereocenters. The van der Waals surface area contributed by atoms with Gasteiger partial charge in [0.25, 0.3) is 0 Å². The molecule has 3 aliphatic rings. The summed E-state index contributed by atoms with van der Waals surface area (Å²) in [4.78, 5) is 22.4. The smallest absolute Gasteiger partial charge is 0.327 e. The lowest BCUT2D eigenvalue weighted by Crippen LogP contribution is -2.35. The molecule has 0 saturated carbocycles.